The molecule has 0 saturated carbocycles. The lowest BCUT2D eigenvalue weighted by Gasteiger charge is -2.37. The molecule has 9 rings (SSSR count). The minimum atomic E-state index is -0.408. The van der Waals surface area contributed by atoms with Crippen molar-refractivity contribution in [2.45, 2.75) is 24.8 Å². The van der Waals surface area contributed by atoms with Gasteiger partial charge in [-0.3, -0.25) is 0 Å². The maximum absolute atomic E-state index is 4.06. The van der Waals surface area contributed by atoms with Crippen molar-refractivity contribution in [3.8, 4) is 5.69 Å². The first-order valence-corrected chi connectivity index (χ1v) is 15.0. The van der Waals surface area contributed by atoms with E-state index in [1.807, 2.05) is 0 Å². The molecule has 2 heteroatoms. The van der Waals surface area contributed by atoms with Crippen LogP contribution >= 0.6 is 0 Å². The highest BCUT2D eigenvalue weighted by Gasteiger charge is 2.50. The summed E-state index contributed by atoms with van der Waals surface area (Å²) in [5.41, 5.74) is 14.4. The normalized spacial score (nSPS) is 16.0. The van der Waals surface area contributed by atoms with Gasteiger partial charge in [0.1, 0.15) is 0 Å². The van der Waals surface area contributed by atoms with Crippen LogP contribution < -0.4 is 5.32 Å². The Morgan fingerprint density at radius 3 is 2.14 bits per heavy atom. The van der Waals surface area contributed by atoms with Gasteiger partial charge in [-0.25, -0.2) is 0 Å². The number of aromatic nitrogens is 1. The highest BCUT2D eigenvalue weighted by molar-refractivity contribution is 5.97. The molecule has 2 aliphatic carbocycles. The summed E-state index contributed by atoms with van der Waals surface area (Å²) in [4.78, 5) is 0. The van der Waals surface area contributed by atoms with Crippen molar-refractivity contribution in [3.05, 3.63) is 184 Å². The summed E-state index contributed by atoms with van der Waals surface area (Å²) >= 11 is 0. The molecule has 2 nitrogen and oxygen atoms in total. The van der Waals surface area contributed by atoms with Crippen molar-refractivity contribution in [2.75, 3.05) is 0 Å². The molecule has 0 spiro atoms. The molecule has 3 aliphatic rings. The molecule has 0 unspecified atom stereocenters. The Hall–Kier alpha value is -5.08. The number of rotatable bonds is 3. The van der Waals surface area contributed by atoms with Gasteiger partial charge >= 0.3 is 0 Å². The molecule has 200 valence electrons. The van der Waals surface area contributed by atoms with Crippen LogP contribution in [0.2, 0.25) is 0 Å². The van der Waals surface area contributed by atoms with Gasteiger partial charge in [-0.05, 0) is 69.6 Å². The van der Waals surface area contributed by atoms with Crippen LogP contribution in [0.4, 0.5) is 0 Å². The molecular formula is C40H30N2. The quantitative estimate of drug-likeness (QED) is 0.238. The fourth-order valence-corrected chi connectivity index (χ4v) is 7.90. The average molecular weight is 539 g/mol. The Balaban J connectivity index is 1.39. The molecule has 5 aromatic carbocycles. The summed E-state index contributed by atoms with van der Waals surface area (Å²) in [5.74, 6) is 0. The lowest BCUT2D eigenvalue weighted by Crippen LogP contribution is -2.37. The van der Waals surface area contributed by atoms with Gasteiger partial charge < -0.3 is 9.88 Å². The zero-order valence-corrected chi connectivity index (χ0v) is 23.3. The summed E-state index contributed by atoms with van der Waals surface area (Å²) in [6.45, 7) is 0.775. The predicted molar refractivity (Wildman–Crippen MR) is 173 cm³/mol. The summed E-state index contributed by atoms with van der Waals surface area (Å²) in [5, 5.41) is 6.61. The molecule has 0 saturated heterocycles. The van der Waals surface area contributed by atoms with E-state index in [4.69, 9.17) is 0 Å². The van der Waals surface area contributed by atoms with Gasteiger partial charge in [-0.15, -0.1) is 0 Å². The fourth-order valence-electron chi connectivity index (χ4n) is 7.90. The molecule has 0 amide bonds. The summed E-state index contributed by atoms with van der Waals surface area (Å²) in [6, 6.07) is 46.8. The van der Waals surface area contributed by atoms with Gasteiger partial charge in [0, 0.05) is 28.2 Å². The molecule has 2 heterocycles. The molecule has 6 aromatic rings. The Labute approximate surface area is 246 Å². The van der Waals surface area contributed by atoms with E-state index in [0.29, 0.717) is 0 Å². The lowest BCUT2D eigenvalue weighted by molar-refractivity contribution is 0.627. The van der Waals surface area contributed by atoms with Gasteiger partial charge in [0.05, 0.1) is 17.7 Å². The number of nitrogens with one attached hydrogen (secondary N) is 1. The molecule has 0 radical (unpaired) electrons. The first-order chi connectivity index (χ1) is 20.9. The van der Waals surface area contributed by atoms with E-state index in [1.165, 1.54) is 72.5 Å². The smallest absolute Gasteiger partial charge is 0.0861 e. The maximum atomic E-state index is 4.06. The second-order valence-corrected chi connectivity index (χ2v) is 11.6. The number of hydrogen-bond acceptors (Lipinski definition) is 1. The molecular weight excluding hydrogens is 508 g/mol. The minimum Gasteiger partial charge on any atom is -0.381 e. The van der Waals surface area contributed by atoms with Gasteiger partial charge in [-0.2, -0.15) is 0 Å². The van der Waals surface area contributed by atoms with Crippen molar-refractivity contribution >= 4 is 22.4 Å². The van der Waals surface area contributed by atoms with Crippen molar-refractivity contribution in [1.82, 2.24) is 9.88 Å². The summed E-state index contributed by atoms with van der Waals surface area (Å²) in [7, 11) is 0. The molecule has 1 N–H and O–H groups in total. The van der Waals surface area contributed by atoms with E-state index in [2.05, 4.69) is 149 Å². The number of allylic oxidation sites excluding steroid dienone is 2. The Morgan fingerprint density at radius 2 is 1.36 bits per heavy atom. The molecule has 42 heavy (non-hydrogen) atoms. The maximum Gasteiger partial charge on any atom is 0.0861 e. The monoisotopic (exact) mass is 538 g/mol. The van der Waals surface area contributed by atoms with Crippen LogP contribution in [0.1, 0.15) is 51.2 Å². The topological polar surface area (TPSA) is 17.0 Å². The van der Waals surface area contributed by atoms with Crippen LogP contribution in [0.15, 0.2) is 139 Å². The Morgan fingerprint density at radius 1 is 0.667 bits per heavy atom. The zero-order chi connectivity index (χ0) is 27.7. The van der Waals surface area contributed by atoms with E-state index >= 15 is 0 Å². The molecule has 1 aliphatic heterocycles. The second kappa shape index (κ2) is 8.96. The van der Waals surface area contributed by atoms with Crippen LogP contribution in [0, 0.1) is 0 Å². The van der Waals surface area contributed by atoms with Crippen LogP contribution in [-0.2, 0) is 18.4 Å². The van der Waals surface area contributed by atoms with Gasteiger partial charge in [-0.1, -0.05) is 121 Å². The molecule has 0 atom stereocenters. The van der Waals surface area contributed by atoms with E-state index < -0.39 is 5.41 Å². The molecule has 0 fully saturated rings. The van der Waals surface area contributed by atoms with E-state index in [-0.39, 0.29) is 0 Å². The average Bonchev–Trinajstić information content (AvgIpc) is 3.56. The second-order valence-electron chi connectivity index (χ2n) is 11.6. The molecule has 0 bridgehead atoms. The first kappa shape index (κ1) is 23.6. The van der Waals surface area contributed by atoms with E-state index in [1.54, 1.807) is 0 Å². The highest BCUT2D eigenvalue weighted by Crippen LogP contribution is 2.57. The predicted octanol–water partition coefficient (Wildman–Crippen LogP) is 8.80. The zero-order valence-electron chi connectivity index (χ0n) is 23.3. The largest absolute Gasteiger partial charge is 0.381 e. The third kappa shape index (κ3) is 3.10. The van der Waals surface area contributed by atoms with Crippen LogP contribution in [0.5, 0.6) is 0 Å². The van der Waals surface area contributed by atoms with Crippen molar-refractivity contribution < 1.29 is 0 Å². The SMILES string of the molecule is C1=Cc2c(c3c(n2-c2ccc4ccccc4c2)CNC2=C3c3ccccc3C2(c2ccccc2)c2ccccc2)CC1. The van der Waals surface area contributed by atoms with Crippen LogP contribution in [0.25, 0.3) is 28.1 Å². The lowest BCUT2D eigenvalue weighted by atomic mass is 9.69. The van der Waals surface area contributed by atoms with Gasteiger partial charge in [0.25, 0.3) is 0 Å². The van der Waals surface area contributed by atoms with E-state index in [0.717, 1.165) is 19.4 Å². The number of nitrogens with zero attached hydrogens (tertiary/aromatic N) is 1. The van der Waals surface area contributed by atoms with Crippen molar-refractivity contribution in [1.29, 1.82) is 0 Å². The summed E-state index contributed by atoms with van der Waals surface area (Å²) in [6.07, 6.45) is 6.82. The minimum absolute atomic E-state index is 0.408. The van der Waals surface area contributed by atoms with Gasteiger partial charge in [0.2, 0.25) is 0 Å². The van der Waals surface area contributed by atoms with Crippen molar-refractivity contribution in [2.24, 2.45) is 0 Å². The van der Waals surface area contributed by atoms with Crippen LogP contribution in [-0.4, -0.2) is 4.57 Å². The fraction of sp³-hybridized carbons (Fsp3) is 0.100. The Kier molecular flexibility index (Phi) is 5.04. The Bertz CT molecular complexity index is 2040. The number of benzene rings is 5. The number of fused-ring (bicyclic) bond motifs is 7. The van der Waals surface area contributed by atoms with Gasteiger partial charge in [0.15, 0.2) is 0 Å². The third-order valence-electron chi connectivity index (χ3n) is 9.56. The first-order valence-electron chi connectivity index (χ1n) is 15.0. The standard InChI is InChI=1S/C40H30N2/c1-3-15-29(16-4-1)40(30-17-5-2-6-18-30)34-21-11-9-19-32(34)38-37-33-20-10-12-22-35(33)42(36(37)26-41-39(38)40)31-24-23-27-13-7-8-14-28(27)25-31/h1-9,11-19,21-25,41H,10,20,26H2. The third-order valence-corrected chi connectivity index (χ3v) is 9.56. The molecule has 1 aromatic heterocycles. The van der Waals surface area contributed by atoms with Crippen LogP contribution in [0.3, 0.4) is 0 Å². The number of hydrogen-bond donors (Lipinski definition) is 1. The van der Waals surface area contributed by atoms with Crippen molar-refractivity contribution in [3.63, 3.8) is 0 Å². The van der Waals surface area contributed by atoms with E-state index in [9.17, 15) is 0 Å². The summed E-state index contributed by atoms with van der Waals surface area (Å²) < 4.78 is 2.52. The highest BCUT2D eigenvalue weighted by atomic mass is 15.1.